The Bertz CT molecular complexity index is 960. The van der Waals surface area contributed by atoms with Crippen LogP contribution < -0.4 is 10.6 Å². The fourth-order valence-electron chi connectivity index (χ4n) is 2.84. The van der Waals surface area contributed by atoms with Crippen LogP contribution in [-0.4, -0.2) is 37.1 Å². The molecule has 2 aromatic carbocycles. The van der Waals surface area contributed by atoms with E-state index >= 15 is 0 Å². The van der Waals surface area contributed by atoms with Gasteiger partial charge in [0.15, 0.2) is 0 Å². The lowest BCUT2D eigenvalue weighted by atomic mass is 10.1. The molecule has 0 bridgehead atoms. The molecular weight excluding hydrogens is 366 g/mol. The molecule has 2 N–H and O–H groups in total. The monoisotopic (exact) mass is 389 g/mol. The highest BCUT2D eigenvalue weighted by atomic mass is 16.5. The van der Waals surface area contributed by atoms with E-state index in [0.717, 1.165) is 17.7 Å². The Kier molecular flexibility index (Phi) is 6.95. The molecule has 0 aliphatic carbocycles. The van der Waals surface area contributed by atoms with E-state index in [9.17, 15) is 9.59 Å². The molecule has 3 aromatic rings. The summed E-state index contributed by atoms with van der Waals surface area (Å²) in [5, 5.41) is 5.83. The number of rotatable bonds is 8. The molecule has 148 valence electrons. The molecule has 6 nitrogen and oxygen atoms in total. The van der Waals surface area contributed by atoms with Crippen LogP contribution in [0.15, 0.2) is 72.8 Å². The van der Waals surface area contributed by atoms with Gasteiger partial charge in [0, 0.05) is 12.1 Å². The zero-order valence-electron chi connectivity index (χ0n) is 16.2. The maximum absolute atomic E-state index is 12.6. The standard InChI is InChI=1S/C23H23N3O3/c1-29-21(27)16-25-23(28)19-12-13-20(18-10-6-3-7-11-18)26-22(19)24-15-14-17-8-4-2-5-9-17/h2-13H,14-16H2,1H3,(H,24,26)(H,25,28). The SMILES string of the molecule is COC(=O)CNC(=O)c1ccc(-c2ccccc2)nc1NCCc1ccccc1. The number of ether oxygens (including phenoxy) is 1. The Hall–Kier alpha value is -3.67. The normalized spacial score (nSPS) is 10.2. The van der Waals surface area contributed by atoms with Gasteiger partial charge in [-0.2, -0.15) is 0 Å². The average molecular weight is 389 g/mol. The van der Waals surface area contributed by atoms with Gasteiger partial charge >= 0.3 is 5.97 Å². The molecule has 1 amide bonds. The van der Waals surface area contributed by atoms with E-state index in [-0.39, 0.29) is 12.5 Å². The predicted octanol–water partition coefficient (Wildman–Crippen LogP) is 3.31. The van der Waals surface area contributed by atoms with E-state index in [1.54, 1.807) is 12.1 Å². The Morgan fingerprint density at radius 1 is 0.931 bits per heavy atom. The second-order valence-electron chi connectivity index (χ2n) is 6.38. The van der Waals surface area contributed by atoms with E-state index in [4.69, 9.17) is 0 Å². The number of methoxy groups -OCH3 is 1. The Balaban J connectivity index is 1.80. The Morgan fingerprint density at radius 3 is 2.31 bits per heavy atom. The molecule has 1 heterocycles. The number of esters is 1. The van der Waals surface area contributed by atoms with Gasteiger partial charge in [-0.3, -0.25) is 9.59 Å². The number of benzene rings is 2. The summed E-state index contributed by atoms with van der Waals surface area (Å²) in [5.41, 5.74) is 3.29. The highest BCUT2D eigenvalue weighted by Crippen LogP contribution is 2.22. The first-order valence-corrected chi connectivity index (χ1v) is 9.36. The van der Waals surface area contributed by atoms with Crippen LogP contribution in [0, 0.1) is 0 Å². The summed E-state index contributed by atoms with van der Waals surface area (Å²) in [7, 11) is 1.28. The predicted molar refractivity (Wildman–Crippen MR) is 113 cm³/mol. The largest absolute Gasteiger partial charge is 0.468 e. The maximum Gasteiger partial charge on any atom is 0.325 e. The van der Waals surface area contributed by atoms with Crippen LogP contribution in [0.1, 0.15) is 15.9 Å². The van der Waals surface area contributed by atoms with Crippen LogP contribution in [0.5, 0.6) is 0 Å². The second kappa shape index (κ2) is 10.0. The van der Waals surface area contributed by atoms with Gasteiger partial charge in [0.05, 0.1) is 18.4 Å². The van der Waals surface area contributed by atoms with Gasteiger partial charge in [-0.15, -0.1) is 0 Å². The zero-order chi connectivity index (χ0) is 20.5. The lowest BCUT2D eigenvalue weighted by molar-refractivity contribution is -0.139. The summed E-state index contributed by atoms with van der Waals surface area (Å²) >= 11 is 0. The molecule has 0 radical (unpaired) electrons. The number of pyridine rings is 1. The number of anilines is 1. The molecule has 3 rings (SSSR count). The van der Waals surface area contributed by atoms with Crippen LogP contribution >= 0.6 is 0 Å². The number of carbonyl (C=O) groups excluding carboxylic acids is 2. The quantitative estimate of drug-likeness (QED) is 0.578. The summed E-state index contributed by atoms with van der Waals surface area (Å²) in [5.74, 6) is -0.417. The van der Waals surface area contributed by atoms with E-state index in [1.165, 1.54) is 12.7 Å². The first kappa shape index (κ1) is 20.1. The van der Waals surface area contributed by atoms with Gasteiger partial charge in [-0.05, 0) is 24.1 Å². The number of hydrogen-bond acceptors (Lipinski definition) is 5. The minimum absolute atomic E-state index is 0.195. The van der Waals surface area contributed by atoms with Crippen molar-refractivity contribution in [2.24, 2.45) is 0 Å². The Morgan fingerprint density at radius 2 is 1.62 bits per heavy atom. The number of carbonyl (C=O) groups is 2. The van der Waals surface area contributed by atoms with Crippen molar-refractivity contribution in [3.8, 4) is 11.3 Å². The van der Waals surface area contributed by atoms with E-state index < -0.39 is 5.97 Å². The maximum atomic E-state index is 12.6. The molecule has 0 saturated heterocycles. The van der Waals surface area contributed by atoms with Gasteiger partial charge in [0.1, 0.15) is 12.4 Å². The number of nitrogens with zero attached hydrogens (tertiary/aromatic N) is 1. The second-order valence-corrected chi connectivity index (χ2v) is 6.38. The van der Waals surface area contributed by atoms with E-state index in [1.807, 2.05) is 48.5 Å². The topological polar surface area (TPSA) is 80.3 Å². The first-order valence-electron chi connectivity index (χ1n) is 9.36. The molecule has 0 unspecified atom stereocenters. The van der Waals surface area contributed by atoms with Crippen molar-refractivity contribution in [3.63, 3.8) is 0 Å². The van der Waals surface area contributed by atoms with Crippen LogP contribution in [-0.2, 0) is 16.0 Å². The van der Waals surface area contributed by atoms with Crippen LogP contribution in [0.3, 0.4) is 0 Å². The first-order chi connectivity index (χ1) is 14.2. The molecule has 0 saturated carbocycles. The number of hydrogen-bond donors (Lipinski definition) is 2. The number of amides is 1. The lowest BCUT2D eigenvalue weighted by Crippen LogP contribution is -2.31. The van der Waals surface area contributed by atoms with E-state index in [0.29, 0.717) is 17.9 Å². The van der Waals surface area contributed by atoms with Crippen molar-refractivity contribution in [1.82, 2.24) is 10.3 Å². The van der Waals surface area contributed by atoms with Gasteiger partial charge < -0.3 is 15.4 Å². The summed E-state index contributed by atoms with van der Waals surface area (Å²) in [4.78, 5) is 28.6. The minimum Gasteiger partial charge on any atom is -0.468 e. The molecule has 6 heteroatoms. The number of aromatic nitrogens is 1. The van der Waals surface area contributed by atoms with Crippen molar-refractivity contribution >= 4 is 17.7 Å². The lowest BCUT2D eigenvalue weighted by Gasteiger charge is -2.13. The number of nitrogens with one attached hydrogen (secondary N) is 2. The molecule has 29 heavy (non-hydrogen) atoms. The van der Waals surface area contributed by atoms with Crippen molar-refractivity contribution in [2.45, 2.75) is 6.42 Å². The van der Waals surface area contributed by atoms with Gasteiger partial charge in [0.25, 0.3) is 5.91 Å². The van der Waals surface area contributed by atoms with Crippen molar-refractivity contribution in [1.29, 1.82) is 0 Å². The minimum atomic E-state index is -0.509. The molecular formula is C23H23N3O3. The van der Waals surface area contributed by atoms with Gasteiger partial charge in [-0.1, -0.05) is 60.7 Å². The highest BCUT2D eigenvalue weighted by molar-refractivity contribution is 6.00. The van der Waals surface area contributed by atoms with Crippen molar-refractivity contribution < 1.29 is 14.3 Å². The summed E-state index contributed by atoms with van der Waals surface area (Å²) in [6.45, 7) is 0.422. The fraction of sp³-hybridized carbons (Fsp3) is 0.174. The molecule has 0 aliphatic heterocycles. The third-order valence-electron chi connectivity index (χ3n) is 4.38. The summed E-state index contributed by atoms with van der Waals surface area (Å²) in [6.07, 6.45) is 0.793. The third kappa shape index (κ3) is 5.65. The molecule has 0 fully saturated rings. The van der Waals surface area contributed by atoms with Crippen LogP contribution in [0.2, 0.25) is 0 Å². The fourth-order valence-corrected chi connectivity index (χ4v) is 2.84. The van der Waals surface area contributed by atoms with Crippen LogP contribution in [0.4, 0.5) is 5.82 Å². The van der Waals surface area contributed by atoms with Gasteiger partial charge in [-0.25, -0.2) is 4.98 Å². The molecule has 0 aliphatic rings. The molecule has 1 aromatic heterocycles. The highest BCUT2D eigenvalue weighted by Gasteiger charge is 2.15. The third-order valence-corrected chi connectivity index (χ3v) is 4.38. The van der Waals surface area contributed by atoms with Gasteiger partial charge in [0.2, 0.25) is 0 Å². The smallest absolute Gasteiger partial charge is 0.325 e. The summed E-state index contributed by atoms with van der Waals surface area (Å²) < 4.78 is 4.57. The summed E-state index contributed by atoms with van der Waals surface area (Å²) in [6, 6.07) is 23.3. The zero-order valence-corrected chi connectivity index (χ0v) is 16.2. The van der Waals surface area contributed by atoms with Crippen molar-refractivity contribution in [3.05, 3.63) is 83.9 Å². The van der Waals surface area contributed by atoms with E-state index in [2.05, 4.69) is 32.5 Å². The van der Waals surface area contributed by atoms with Crippen molar-refractivity contribution in [2.75, 3.05) is 25.5 Å². The Labute approximate surface area is 169 Å². The molecule has 0 spiro atoms. The van der Waals surface area contributed by atoms with Crippen LogP contribution in [0.25, 0.3) is 11.3 Å². The molecule has 0 atom stereocenters. The average Bonchev–Trinajstić information content (AvgIpc) is 2.78.